The second kappa shape index (κ2) is 7.41. The van der Waals surface area contributed by atoms with Crippen molar-refractivity contribution in [1.82, 2.24) is 19.9 Å². The zero-order chi connectivity index (χ0) is 20.6. The zero-order valence-electron chi connectivity index (χ0n) is 15.7. The molecule has 154 valence electrons. The lowest BCUT2D eigenvalue weighted by molar-refractivity contribution is -0.140. The van der Waals surface area contributed by atoms with Crippen LogP contribution in [0.4, 0.5) is 19.0 Å². The number of carbonyl (C=O) groups is 1. The third-order valence-electron chi connectivity index (χ3n) is 5.15. The highest BCUT2D eigenvalue weighted by Crippen LogP contribution is 2.30. The summed E-state index contributed by atoms with van der Waals surface area (Å²) in [5.74, 6) is 0.507. The highest BCUT2D eigenvalue weighted by molar-refractivity contribution is 5.92. The topological polar surface area (TPSA) is 84.5 Å². The predicted octanol–water partition coefficient (Wildman–Crippen LogP) is 3.80. The fraction of sp³-hybridized carbons (Fsp3) is 0.421. The summed E-state index contributed by atoms with van der Waals surface area (Å²) in [4.78, 5) is 15.9. The van der Waals surface area contributed by atoms with E-state index in [2.05, 4.69) is 20.8 Å². The van der Waals surface area contributed by atoms with E-state index in [1.807, 2.05) is 0 Å². The molecule has 3 aromatic rings. The van der Waals surface area contributed by atoms with Gasteiger partial charge in [0.2, 0.25) is 5.76 Å². The SMILES string of the molecule is Cc1cnoc1C(=O)NC1CCC(Nc2cccc3nc(C(F)(F)F)cn23)CC1. The maximum Gasteiger partial charge on any atom is 0.434 e. The number of fused-ring (bicyclic) bond motifs is 1. The Kier molecular flexibility index (Phi) is 4.93. The van der Waals surface area contributed by atoms with E-state index in [4.69, 9.17) is 4.52 Å². The molecule has 7 nitrogen and oxygen atoms in total. The molecule has 1 aliphatic carbocycles. The van der Waals surface area contributed by atoms with E-state index in [1.165, 1.54) is 10.6 Å². The number of alkyl halides is 3. The minimum Gasteiger partial charge on any atom is -0.368 e. The molecule has 1 aliphatic rings. The van der Waals surface area contributed by atoms with Crippen molar-refractivity contribution in [2.75, 3.05) is 5.32 Å². The van der Waals surface area contributed by atoms with Gasteiger partial charge in [-0.05, 0) is 44.7 Å². The van der Waals surface area contributed by atoms with E-state index in [-0.39, 0.29) is 29.4 Å². The van der Waals surface area contributed by atoms with E-state index in [0.717, 1.165) is 31.9 Å². The number of pyridine rings is 1. The first kappa shape index (κ1) is 19.3. The molecular weight excluding hydrogens is 387 g/mol. The molecule has 3 heterocycles. The first-order valence-electron chi connectivity index (χ1n) is 9.35. The van der Waals surface area contributed by atoms with Gasteiger partial charge >= 0.3 is 6.18 Å². The van der Waals surface area contributed by atoms with E-state index in [9.17, 15) is 18.0 Å². The molecule has 0 saturated heterocycles. The molecule has 3 aromatic heterocycles. The normalized spacial score (nSPS) is 20.0. The minimum atomic E-state index is -4.48. The van der Waals surface area contributed by atoms with Crippen LogP contribution in [0.15, 0.2) is 35.1 Å². The third-order valence-corrected chi connectivity index (χ3v) is 5.15. The number of carbonyl (C=O) groups excluding carboxylic acids is 1. The van der Waals surface area contributed by atoms with Crippen molar-refractivity contribution in [3.05, 3.63) is 47.6 Å². The van der Waals surface area contributed by atoms with Crippen molar-refractivity contribution in [1.29, 1.82) is 0 Å². The molecule has 0 spiro atoms. The number of anilines is 1. The van der Waals surface area contributed by atoms with Crippen LogP contribution < -0.4 is 10.6 Å². The second-order valence-electron chi connectivity index (χ2n) is 7.27. The van der Waals surface area contributed by atoms with Crippen molar-refractivity contribution in [3.8, 4) is 0 Å². The number of aryl methyl sites for hydroxylation is 1. The Morgan fingerprint density at radius 2 is 1.93 bits per heavy atom. The molecule has 2 N–H and O–H groups in total. The molecule has 4 rings (SSSR count). The molecule has 0 bridgehead atoms. The number of hydrogen-bond acceptors (Lipinski definition) is 5. The molecule has 0 unspecified atom stereocenters. The number of hydrogen-bond donors (Lipinski definition) is 2. The number of aromatic nitrogens is 3. The Balaban J connectivity index is 1.38. The molecule has 1 saturated carbocycles. The Morgan fingerprint density at radius 1 is 1.21 bits per heavy atom. The summed E-state index contributed by atoms with van der Waals surface area (Å²) in [6.07, 6.45) is 1.07. The van der Waals surface area contributed by atoms with Crippen LogP contribution in [-0.4, -0.2) is 32.5 Å². The number of halogens is 3. The van der Waals surface area contributed by atoms with Crippen LogP contribution in [0.1, 0.15) is 47.5 Å². The molecule has 1 fully saturated rings. The van der Waals surface area contributed by atoms with Gasteiger partial charge in [0, 0.05) is 23.8 Å². The van der Waals surface area contributed by atoms with Crippen molar-refractivity contribution in [2.24, 2.45) is 0 Å². The van der Waals surface area contributed by atoms with Gasteiger partial charge in [-0.15, -0.1) is 0 Å². The maximum atomic E-state index is 12.9. The Hall–Kier alpha value is -3.04. The maximum absolute atomic E-state index is 12.9. The lowest BCUT2D eigenvalue weighted by Gasteiger charge is -2.30. The first-order chi connectivity index (χ1) is 13.8. The molecular formula is C19H20F3N5O2. The fourth-order valence-corrected chi connectivity index (χ4v) is 3.62. The van der Waals surface area contributed by atoms with Crippen molar-refractivity contribution in [2.45, 2.75) is 50.9 Å². The number of rotatable bonds is 4. The van der Waals surface area contributed by atoms with Gasteiger partial charge in [0.15, 0.2) is 5.69 Å². The molecule has 0 aliphatic heterocycles. The molecule has 10 heteroatoms. The first-order valence-corrected chi connectivity index (χ1v) is 9.35. The summed E-state index contributed by atoms with van der Waals surface area (Å²) in [7, 11) is 0. The van der Waals surface area contributed by atoms with Crippen LogP contribution in [0.3, 0.4) is 0 Å². The summed E-state index contributed by atoms with van der Waals surface area (Å²) in [6, 6.07) is 5.06. The summed E-state index contributed by atoms with van der Waals surface area (Å²) in [5.41, 5.74) is 0.0103. The van der Waals surface area contributed by atoms with Crippen LogP contribution in [0.5, 0.6) is 0 Å². The lowest BCUT2D eigenvalue weighted by atomic mass is 9.91. The van der Waals surface area contributed by atoms with Crippen LogP contribution in [0, 0.1) is 6.92 Å². The minimum absolute atomic E-state index is 0.0194. The number of imidazole rings is 1. The molecule has 1 amide bonds. The van der Waals surface area contributed by atoms with Crippen LogP contribution >= 0.6 is 0 Å². The van der Waals surface area contributed by atoms with Crippen LogP contribution in [-0.2, 0) is 6.18 Å². The Labute approximate surface area is 164 Å². The van der Waals surface area contributed by atoms with Gasteiger partial charge < -0.3 is 15.2 Å². The summed E-state index contributed by atoms with van der Waals surface area (Å²) in [6.45, 7) is 1.76. The standard InChI is InChI=1S/C19H20F3N5O2/c1-11-9-23-29-17(11)18(28)25-13-7-5-12(6-8-13)24-15-3-2-4-16-26-14(10-27(15)16)19(20,21)22/h2-4,9-10,12-13,24H,5-8H2,1H3,(H,25,28). The van der Waals surface area contributed by atoms with Crippen molar-refractivity contribution >= 4 is 17.4 Å². The Morgan fingerprint density at radius 3 is 2.59 bits per heavy atom. The Bertz CT molecular complexity index is 1020. The van der Waals surface area contributed by atoms with E-state index in [0.29, 0.717) is 11.4 Å². The van der Waals surface area contributed by atoms with Gasteiger partial charge in [-0.25, -0.2) is 4.98 Å². The van der Waals surface area contributed by atoms with E-state index >= 15 is 0 Å². The summed E-state index contributed by atoms with van der Waals surface area (Å²) in [5, 5.41) is 9.88. The largest absolute Gasteiger partial charge is 0.434 e. The van der Waals surface area contributed by atoms with Crippen molar-refractivity contribution < 1.29 is 22.5 Å². The van der Waals surface area contributed by atoms with E-state index < -0.39 is 11.9 Å². The number of nitrogens with one attached hydrogen (secondary N) is 2. The van der Waals surface area contributed by atoms with Gasteiger partial charge in [-0.2, -0.15) is 13.2 Å². The zero-order valence-corrected chi connectivity index (χ0v) is 15.7. The summed E-state index contributed by atoms with van der Waals surface area (Å²) < 4.78 is 45.2. The smallest absolute Gasteiger partial charge is 0.368 e. The van der Waals surface area contributed by atoms with E-state index in [1.54, 1.807) is 25.1 Å². The summed E-state index contributed by atoms with van der Waals surface area (Å²) >= 11 is 0. The van der Waals surface area contributed by atoms with Gasteiger partial charge in [0.25, 0.3) is 5.91 Å². The van der Waals surface area contributed by atoms with Gasteiger partial charge in [0.05, 0.1) is 6.20 Å². The molecule has 0 aromatic carbocycles. The molecule has 29 heavy (non-hydrogen) atoms. The fourth-order valence-electron chi connectivity index (χ4n) is 3.62. The number of nitrogens with zero attached hydrogens (tertiary/aromatic N) is 3. The second-order valence-corrected chi connectivity index (χ2v) is 7.27. The lowest BCUT2D eigenvalue weighted by Crippen LogP contribution is -2.40. The monoisotopic (exact) mass is 407 g/mol. The molecule has 0 radical (unpaired) electrons. The highest BCUT2D eigenvalue weighted by atomic mass is 19.4. The highest BCUT2D eigenvalue weighted by Gasteiger charge is 2.34. The van der Waals surface area contributed by atoms with Crippen LogP contribution in [0.25, 0.3) is 5.65 Å². The van der Waals surface area contributed by atoms with Crippen molar-refractivity contribution in [3.63, 3.8) is 0 Å². The molecule has 0 atom stereocenters. The quantitative estimate of drug-likeness (QED) is 0.687. The van der Waals surface area contributed by atoms with Gasteiger partial charge in [-0.3, -0.25) is 9.20 Å². The third kappa shape index (κ3) is 4.06. The van der Waals surface area contributed by atoms with Gasteiger partial charge in [0.1, 0.15) is 11.5 Å². The average Bonchev–Trinajstić information content (AvgIpc) is 3.30. The predicted molar refractivity (Wildman–Crippen MR) is 98.6 cm³/mol. The number of amides is 1. The van der Waals surface area contributed by atoms with Crippen LogP contribution in [0.2, 0.25) is 0 Å². The van der Waals surface area contributed by atoms with Gasteiger partial charge in [-0.1, -0.05) is 11.2 Å². The average molecular weight is 407 g/mol.